The molecule has 4 rings (SSSR count). The van der Waals surface area contributed by atoms with E-state index in [0.29, 0.717) is 17.2 Å². The zero-order valence-electron chi connectivity index (χ0n) is 16.9. The van der Waals surface area contributed by atoms with Crippen LogP contribution in [0.2, 0.25) is 5.02 Å². The van der Waals surface area contributed by atoms with Crippen molar-refractivity contribution in [1.29, 1.82) is 0 Å². The quantitative estimate of drug-likeness (QED) is 0.280. The molecule has 4 aromatic rings. The fourth-order valence-corrected chi connectivity index (χ4v) is 3.05. The molecule has 0 aliphatic heterocycles. The molecule has 10 heteroatoms. The minimum absolute atomic E-state index is 0.0188. The average Bonchev–Trinajstić information content (AvgIpc) is 2.79. The number of nitrogens with two attached hydrogens (primary N) is 1. The molecule has 3 aromatic carbocycles. The van der Waals surface area contributed by atoms with Crippen molar-refractivity contribution in [3.05, 3.63) is 89.7 Å². The maximum absolute atomic E-state index is 13.0. The molecule has 0 aliphatic carbocycles. The number of nitrogens with zero attached hydrogens (tertiary/aromatic N) is 2. The number of ether oxygens (including phenoxy) is 1. The van der Waals surface area contributed by atoms with Crippen LogP contribution in [-0.2, 0) is 6.18 Å². The van der Waals surface area contributed by atoms with Crippen LogP contribution in [0.3, 0.4) is 0 Å². The van der Waals surface area contributed by atoms with Crippen LogP contribution in [0, 0.1) is 0 Å². The van der Waals surface area contributed by atoms with E-state index in [4.69, 9.17) is 22.1 Å². The zero-order valence-corrected chi connectivity index (χ0v) is 17.7. The van der Waals surface area contributed by atoms with E-state index in [9.17, 15) is 13.2 Å². The summed E-state index contributed by atoms with van der Waals surface area (Å²) in [5.41, 5.74) is 6.09. The number of halogens is 4. The number of aromatic nitrogens is 2. The van der Waals surface area contributed by atoms with Gasteiger partial charge in [0, 0.05) is 5.69 Å². The Balaban J connectivity index is 1.51. The summed E-state index contributed by atoms with van der Waals surface area (Å²) in [5.74, 6) is 1.73. The molecule has 0 unspecified atom stereocenters. The number of hydrogen-bond acceptors (Lipinski definition) is 6. The molecular weight excluding hydrogens is 455 g/mol. The fraction of sp³-hybridized carbons (Fsp3) is 0.0435. The van der Waals surface area contributed by atoms with E-state index in [1.807, 2.05) is 30.3 Å². The van der Waals surface area contributed by atoms with Crippen LogP contribution in [-0.4, -0.2) is 9.97 Å². The topological polar surface area (TPSA) is 85.1 Å². The van der Waals surface area contributed by atoms with Gasteiger partial charge in [-0.2, -0.15) is 13.2 Å². The minimum Gasteiger partial charge on any atom is -0.457 e. The third-order valence-corrected chi connectivity index (χ3v) is 4.86. The van der Waals surface area contributed by atoms with Crippen LogP contribution in [0.1, 0.15) is 5.56 Å². The van der Waals surface area contributed by atoms with Crippen LogP contribution < -0.4 is 21.1 Å². The third-order valence-electron chi connectivity index (χ3n) is 4.53. The third kappa shape index (κ3) is 5.45. The Morgan fingerprint density at radius 1 is 0.818 bits per heavy atom. The summed E-state index contributed by atoms with van der Waals surface area (Å²) in [6.45, 7) is 0. The fourth-order valence-electron chi connectivity index (χ4n) is 2.89. The van der Waals surface area contributed by atoms with Crippen LogP contribution in [0.4, 0.5) is 41.9 Å². The van der Waals surface area contributed by atoms with Gasteiger partial charge in [0.15, 0.2) is 11.6 Å². The molecule has 1 heterocycles. The Kier molecular flexibility index (Phi) is 6.23. The summed E-state index contributed by atoms with van der Waals surface area (Å²) in [5, 5.41) is 5.89. The average molecular weight is 472 g/mol. The molecule has 0 spiro atoms. The SMILES string of the molecule is Nc1c(Nc2ccc(Oc3ccccc3)cc2)ncnc1Nc1cc(C(F)(F)F)ccc1Cl. The molecule has 0 bridgehead atoms. The summed E-state index contributed by atoms with van der Waals surface area (Å²) < 4.78 is 44.9. The van der Waals surface area contributed by atoms with E-state index in [2.05, 4.69) is 20.6 Å². The van der Waals surface area contributed by atoms with Gasteiger partial charge in [0.2, 0.25) is 0 Å². The molecule has 0 atom stereocenters. The van der Waals surface area contributed by atoms with Crippen LogP contribution in [0.5, 0.6) is 11.5 Å². The van der Waals surface area contributed by atoms with E-state index >= 15 is 0 Å². The van der Waals surface area contributed by atoms with E-state index in [1.54, 1.807) is 24.3 Å². The molecule has 33 heavy (non-hydrogen) atoms. The number of anilines is 5. The molecule has 0 aliphatic rings. The lowest BCUT2D eigenvalue weighted by molar-refractivity contribution is -0.137. The number of benzene rings is 3. The van der Waals surface area contributed by atoms with Gasteiger partial charge in [0.05, 0.1) is 16.3 Å². The molecule has 6 nitrogen and oxygen atoms in total. The maximum Gasteiger partial charge on any atom is 0.416 e. The van der Waals surface area contributed by atoms with Crippen molar-refractivity contribution >= 4 is 40.3 Å². The van der Waals surface area contributed by atoms with Gasteiger partial charge in [-0.15, -0.1) is 0 Å². The second kappa shape index (κ2) is 9.25. The number of para-hydroxylation sites is 1. The first kappa shape index (κ1) is 22.2. The first-order valence-corrected chi connectivity index (χ1v) is 10.0. The van der Waals surface area contributed by atoms with Crippen LogP contribution in [0.25, 0.3) is 0 Å². The molecule has 0 saturated heterocycles. The van der Waals surface area contributed by atoms with Gasteiger partial charge in [0.25, 0.3) is 0 Å². The van der Waals surface area contributed by atoms with Crippen molar-refractivity contribution in [3.8, 4) is 11.5 Å². The van der Waals surface area contributed by atoms with Crippen molar-refractivity contribution in [3.63, 3.8) is 0 Å². The Morgan fingerprint density at radius 3 is 2.12 bits per heavy atom. The summed E-state index contributed by atoms with van der Waals surface area (Å²) >= 11 is 6.05. The van der Waals surface area contributed by atoms with Crippen molar-refractivity contribution < 1.29 is 17.9 Å². The van der Waals surface area contributed by atoms with Crippen molar-refractivity contribution in [2.45, 2.75) is 6.18 Å². The van der Waals surface area contributed by atoms with Gasteiger partial charge < -0.3 is 21.1 Å². The number of hydrogen-bond donors (Lipinski definition) is 3. The van der Waals surface area contributed by atoms with Gasteiger partial charge in [-0.05, 0) is 54.6 Å². The van der Waals surface area contributed by atoms with Crippen molar-refractivity contribution in [2.75, 3.05) is 16.4 Å². The zero-order chi connectivity index (χ0) is 23.4. The van der Waals surface area contributed by atoms with E-state index in [1.165, 1.54) is 6.33 Å². The Labute approximate surface area is 192 Å². The lowest BCUT2D eigenvalue weighted by atomic mass is 10.2. The number of nitrogens with one attached hydrogen (secondary N) is 2. The monoisotopic (exact) mass is 471 g/mol. The summed E-state index contributed by atoms with van der Waals surface area (Å²) in [7, 11) is 0. The predicted octanol–water partition coefficient (Wildman–Crippen LogP) is 7.01. The first-order valence-electron chi connectivity index (χ1n) is 9.64. The van der Waals surface area contributed by atoms with Crippen LogP contribution in [0.15, 0.2) is 79.1 Å². The minimum atomic E-state index is -4.51. The smallest absolute Gasteiger partial charge is 0.416 e. The largest absolute Gasteiger partial charge is 0.457 e. The molecule has 168 valence electrons. The van der Waals surface area contributed by atoms with Crippen molar-refractivity contribution in [1.82, 2.24) is 9.97 Å². The Bertz CT molecular complexity index is 1250. The molecule has 4 N–H and O–H groups in total. The highest BCUT2D eigenvalue weighted by molar-refractivity contribution is 6.33. The normalized spacial score (nSPS) is 11.2. The lowest BCUT2D eigenvalue weighted by Gasteiger charge is -2.15. The van der Waals surface area contributed by atoms with Gasteiger partial charge in [-0.1, -0.05) is 29.8 Å². The Morgan fingerprint density at radius 2 is 1.45 bits per heavy atom. The highest BCUT2D eigenvalue weighted by atomic mass is 35.5. The molecular formula is C23H17ClF3N5O. The van der Waals surface area contributed by atoms with E-state index in [-0.39, 0.29) is 28.0 Å². The molecule has 0 amide bonds. The van der Waals surface area contributed by atoms with Gasteiger partial charge in [-0.25, -0.2) is 9.97 Å². The highest BCUT2D eigenvalue weighted by Gasteiger charge is 2.31. The number of alkyl halides is 3. The summed E-state index contributed by atoms with van der Waals surface area (Å²) in [6, 6.07) is 19.4. The molecule has 0 radical (unpaired) electrons. The van der Waals surface area contributed by atoms with E-state index < -0.39 is 11.7 Å². The van der Waals surface area contributed by atoms with Gasteiger partial charge in [0.1, 0.15) is 23.5 Å². The lowest BCUT2D eigenvalue weighted by Crippen LogP contribution is -2.08. The maximum atomic E-state index is 13.0. The van der Waals surface area contributed by atoms with Crippen molar-refractivity contribution in [2.24, 2.45) is 0 Å². The molecule has 0 saturated carbocycles. The summed E-state index contributed by atoms with van der Waals surface area (Å²) in [6.07, 6.45) is -3.28. The van der Waals surface area contributed by atoms with Crippen LogP contribution >= 0.6 is 11.6 Å². The predicted molar refractivity (Wildman–Crippen MR) is 122 cm³/mol. The second-order valence-electron chi connectivity index (χ2n) is 6.87. The van der Waals surface area contributed by atoms with E-state index in [0.717, 1.165) is 18.2 Å². The first-order chi connectivity index (χ1) is 15.8. The number of nitrogen functional groups attached to an aromatic ring is 1. The molecule has 0 fully saturated rings. The summed E-state index contributed by atoms with van der Waals surface area (Å²) in [4.78, 5) is 8.14. The highest BCUT2D eigenvalue weighted by Crippen LogP contribution is 2.36. The molecule has 1 aromatic heterocycles. The van der Waals surface area contributed by atoms with Gasteiger partial charge >= 0.3 is 6.18 Å². The standard InChI is InChI=1S/C23H17ClF3N5O/c24-18-11-6-14(23(25,26)27)12-19(18)32-22-20(28)21(29-13-30-22)31-15-7-9-17(10-8-15)33-16-4-2-1-3-5-16/h1-13H,28H2,(H2,29,30,31,32). The number of rotatable bonds is 6. The van der Waals surface area contributed by atoms with Gasteiger partial charge in [-0.3, -0.25) is 0 Å². The Hall–Kier alpha value is -3.98. The second-order valence-corrected chi connectivity index (χ2v) is 7.27.